The number of Topliss-reactive ketones (excluding diaryl/α,β-unsaturated/α-hetero) is 1. The standard InChI is InChI=1S/C13H15N3OS/c1-9-14-10(2)16(15-9)8-13(17)11-4-6-12(18-3)7-5-11/h4-7H,8H2,1-3H3. The molecule has 1 heterocycles. The molecular formula is C13H15N3OS. The Morgan fingerprint density at radius 1 is 1.28 bits per heavy atom. The van der Waals surface area contributed by atoms with Crippen LogP contribution in [0.1, 0.15) is 22.0 Å². The van der Waals surface area contributed by atoms with Crippen LogP contribution in [-0.2, 0) is 6.54 Å². The van der Waals surface area contributed by atoms with E-state index in [1.807, 2.05) is 44.4 Å². The molecule has 1 aromatic heterocycles. The highest BCUT2D eigenvalue weighted by Gasteiger charge is 2.10. The molecule has 0 aliphatic rings. The monoisotopic (exact) mass is 261 g/mol. The minimum absolute atomic E-state index is 0.0515. The van der Waals surface area contributed by atoms with Gasteiger partial charge in [-0.25, -0.2) is 9.67 Å². The minimum Gasteiger partial charge on any atom is -0.292 e. The first-order valence-electron chi connectivity index (χ1n) is 5.65. The van der Waals surface area contributed by atoms with Gasteiger partial charge in [0.2, 0.25) is 0 Å². The van der Waals surface area contributed by atoms with Crippen LogP contribution in [0.15, 0.2) is 29.2 Å². The molecule has 2 rings (SSSR count). The maximum Gasteiger partial charge on any atom is 0.184 e. The lowest BCUT2D eigenvalue weighted by molar-refractivity contribution is 0.0966. The van der Waals surface area contributed by atoms with Gasteiger partial charge in [-0.15, -0.1) is 11.8 Å². The molecule has 2 aromatic rings. The Bertz CT molecular complexity index is 560. The van der Waals surface area contributed by atoms with E-state index in [0.29, 0.717) is 11.4 Å². The molecule has 0 spiro atoms. The molecule has 0 aliphatic carbocycles. The third kappa shape index (κ3) is 2.79. The third-order valence-corrected chi connectivity index (χ3v) is 3.41. The van der Waals surface area contributed by atoms with Crippen molar-refractivity contribution in [2.24, 2.45) is 0 Å². The summed E-state index contributed by atoms with van der Waals surface area (Å²) in [5.74, 6) is 1.51. The zero-order valence-corrected chi connectivity index (χ0v) is 11.5. The fourth-order valence-electron chi connectivity index (χ4n) is 1.72. The van der Waals surface area contributed by atoms with Crippen LogP contribution in [0.2, 0.25) is 0 Å². The lowest BCUT2D eigenvalue weighted by Crippen LogP contribution is -2.13. The molecule has 0 aliphatic heterocycles. The predicted molar refractivity (Wildman–Crippen MR) is 72.0 cm³/mol. The SMILES string of the molecule is CSc1ccc(C(=O)Cn2nc(C)nc2C)cc1. The number of hydrogen-bond donors (Lipinski definition) is 0. The predicted octanol–water partition coefficient (Wildman–Crippen LogP) is 2.50. The minimum atomic E-state index is 0.0515. The average molecular weight is 261 g/mol. The Balaban J connectivity index is 2.14. The summed E-state index contributed by atoms with van der Waals surface area (Å²) in [5.41, 5.74) is 0.709. The summed E-state index contributed by atoms with van der Waals surface area (Å²) in [4.78, 5) is 17.4. The summed E-state index contributed by atoms with van der Waals surface area (Å²) >= 11 is 1.66. The number of hydrogen-bond acceptors (Lipinski definition) is 4. The van der Waals surface area contributed by atoms with Crippen LogP contribution in [0.5, 0.6) is 0 Å². The molecule has 0 radical (unpaired) electrons. The van der Waals surface area contributed by atoms with Gasteiger partial charge in [0.25, 0.3) is 0 Å². The summed E-state index contributed by atoms with van der Waals surface area (Å²) in [7, 11) is 0. The van der Waals surface area contributed by atoms with Gasteiger partial charge >= 0.3 is 0 Å². The summed E-state index contributed by atoms with van der Waals surface area (Å²) in [6.45, 7) is 3.91. The Hall–Kier alpha value is -1.62. The molecule has 0 bridgehead atoms. The van der Waals surface area contributed by atoms with Crippen LogP contribution in [0.3, 0.4) is 0 Å². The second kappa shape index (κ2) is 5.35. The number of ketones is 1. The van der Waals surface area contributed by atoms with Crippen molar-refractivity contribution < 1.29 is 4.79 Å². The molecule has 5 heteroatoms. The summed E-state index contributed by atoms with van der Waals surface area (Å²) in [6, 6.07) is 7.62. The fourth-order valence-corrected chi connectivity index (χ4v) is 2.12. The van der Waals surface area contributed by atoms with Crippen LogP contribution in [0.25, 0.3) is 0 Å². The normalized spacial score (nSPS) is 10.6. The molecular weight excluding hydrogens is 246 g/mol. The highest BCUT2D eigenvalue weighted by atomic mass is 32.2. The lowest BCUT2D eigenvalue weighted by Gasteiger charge is -2.03. The summed E-state index contributed by atoms with van der Waals surface area (Å²) < 4.78 is 1.64. The van der Waals surface area contributed by atoms with E-state index in [-0.39, 0.29) is 12.3 Å². The van der Waals surface area contributed by atoms with Gasteiger partial charge in [-0.3, -0.25) is 4.79 Å². The highest BCUT2D eigenvalue weighted by molar-refractivity contribution is 7.98. The van der Waals surface area contributed by atoms with Gasteiger partial charge in [0.05, 0.1) is 0 Å². The van der Waals surface area contributed by atoms with E-state index in [1.165, 1.54) is 0 Å². The molecule has 0 fully saturated rings. The van der Waals surface area contributed by atoms with Gasteiger partial charge in [-0.1, -0.05) is 12.1 Å². The van der Waals surface area contributed by atoms with E-state index in [9.17, 15) is 4.79 Å². The number of benzene rings is 1. The molecule has 0 saturated carbocycles. The number of aromatic nitrogens is 3. The van der Waals surface area contributed by atoms with Crippen molar-refractivity contribution in [2.75, 3.05) is 6.26 Å². The lowest BCUT2D eigenvalue weighted by atomic mass is 10.1. The first-order valence-corrected chi connectivity index (χ1v) is 6.88. The Morgan fingerprint density at radius 2 is 1.94 bits per heavy atom. The van der Waals surface area contributed by atoms with Gasteiger partial charge in [-0.2, -0.15) is 5.10 Å². The molecule has 0 unspecified atom stereocenters. The van der Waals surface area contributed by atoms with Crippen LogP contribution in [0.4, 0.5) is 0 Å². The van der Waals surface area contributed by atoms with Gasteiger partial charge in [0.1, 0.15) is 18.2 Å². The van der Waals surface area contributed by atoms with E-state index in [2.05, 4.69) is 10.1 Å². The number of thioether (sulfide) groups is 1. The molecule has 4 nitrogen and oxygen atoms in total. The molecule has 0 N–H and O–H groups in total. The average Bonchev–Trinajstić information content (AvgIpc) is 2.68. The van der Waals surface area contributed by atoms with Crippen LogP contribution >= 0.6 is 11.8 Å². The largest absolute Gasteiger partial charge is 0.292 e. The van der Waals surface area contributed by atoms with Crippen molar-refractivity contribution in [1.82, 2.24) is 14.8 Å². The van der Waals surface area contributed by atoms with E-state index in [1.54, 1.807) is 16.4 Å². The smallest absolute Gasteiger partial charge is 0.184 e. The van der Waals surface area contributed by atoms with E-state index in [4.69, 9.17) is 0 Å². The van der Waals surface area contributed by atoms with Crippen molar-refractivity contribution in [3.05, 3.63) is 41.5 Å². The van der Waals surface area contributed by atoms with Crippen molar-refractivity contribution in [2.45, 2.75) is 25.3 Å². The molecule has 94 valence electrons. The number of nitrogens with zero attached hydrogens (tertiary/aromatic N) is 3. The Kier molecular flexibility index (Phi) is 3.81. The van der Waals surface area contributed by atoms with Gasteiger partial charge < -0.3 is 0 Å². The van der Waals surface area contributed by atoms with Crippen molar-refractivity contribution in [3.8, 4) is 0 Å². The zero-order valence-electron chi connectivity index (χ0n) is 10.7. The van der Waals surface area contributed by atoms with Crippen LogP contribution in [-0.4, -0.2) is 26.8 Å². The number of rotatable bonds is 4. The van der Waals surface area contributed by atoms with E-state index < -0.39 is 0 Å². The fraction of sp³-hybridized carbons (Fsp3) is 0.308. The number of carbonyl (C=O) groups excluding carboxylic acids is 1. The second-order valence-electron chi connectivity index (χ2n) is 4.02. The number of carbonyl (C=O) groups is 1. The maximum atomic E-state index is 12.1. The van der Waals surface area contributed by atoms with Crippen molar-refractivity contribution in [1.29, 1.82) is 0 Å². The topological polar surface area (TPSA) is 47.8 Å². The van der Waals surface area contributed by atoms with Gasteiger partial charge in [0.15, 0.2) is 5.78 Å². The molecule has 18 heavy (non-hydrogen) atoms. The first-order chi connectivity index (χ1) is 8.60. The molecule has 1 aromatic carbocycles. The zero-order chi connectivity index (χ0) is 13.1. The quantitative estimate of drug-likeness (QED) is 0.626. The van der Waals surface area contributed by atoms with Crippen LogP contribution in [0, 0.1) is 13.8 Å². The van der Waals surface area contributed by atoms with Crippen molar-refractivity contribution >= 4 is 17.5 Å². The molecule has 0 atom stereocenters. The van der Waals surface area contributed by atoms with E-state index in [0.717, 1.165) is 10.7 Å². The Morgan fingerprint density at radius 3 is 2.44 bits per heavy atom. The number of aryl methyl sites for hydroxylation is 2. The maximum absolute atomic E-state index is 12.1. The second-order valence-corrected chi connectivity index (χ2v) is 4.90. The Labute approximate surface area is 110 Å². The summed E-state index contributed by atoms with van der Waals surface area (Å²) in [5, 5.41) is 4.19. The molecule has 0 amide bonds. The highest BCUT2D eigenvalue weighted by Crippen LogP contribution is 2.15. The molecule has 0 saturated heterocycles. The van der Waals surface area contributed by atoms with Crippen LogP contribution < -0.4 is 0 Å². The van der Waals surface area contributed by atoms with Gasteiger partial charge in [-0.05, 0) is 32.2 Å². The first kappa shape index (κ1) is 12.8. The van der Waals surface area contributed by atoms with E-state index >= 15 is 0 Å². The summed E-state index contributed by atoms with van der Waals surface area (Å²) in [6.07, 6.45) is 2.01. The third-order valence-electron chi connectivity index (χ3n) is 2.67. The van der Waals surface area contributed by atoms with Gasteiger partial charge in [0, 0.05) is 10.5 Å². The van der Waals surface area contributed by atoms with Crippen molar-refractivity contribution in [3.63, 3.8) is 0 Å².